The third kappa shape index (κ3) is 3.11. The third-order valence-electron chi connectivity index (χ3n) is 5.58. The average Bonchev–Trinajstić information content (AvgIpc) is 3.16. The van der Waals surface area contributed by atoms with Gasteiger partial charge in [-0.1, -0.05) is 12.1 Å². The molecule has 0 atom stereocenters. The van der Waals surface area contributed by atoms with Gasteiger partial charge in [-0.2, -0.15) is 0 Å². The number of nitrogens with zero attached hydrogens (tertiary/aromatic N) is 5. The van der Waals surface area contributed by atoms with Crippen LogP contribution in [0.5, 0.6) is 0 Å². The molecule has 4 aromatic rings. The quantitative estimate of drug-likeness (QED) is 0.554. The zero-order chi connectivity index (χ0) is 18.9. The van der Waals surface area contributed by atoms with Crippen LogP contribution in [0.25, 0.3) is 22.1 Å². The van der Waals surface area contributed by atoms with E-state index in [1.807, 2.05) is 45.9 Å². The molecule has 0 unspecified atom stereocenters. The molecule has 1 saturated heterocycles. The molecule has 0 saturated carbocycles. The number of rotatable bonds is 3. The summed E-state index contributed by atoms with van der Waals surface area (Å²) in [6, 6.07) is 16.0. The van der Waals surface area contributed by atoms with Crippen LogP contribution in [-0.2, 0) is 11.3 Å². The Bertz CT molecular complexity index is 1140. The highest BCUT2D eigenvalue weighted by Gasteiger charge is 2.25. The molecule has 0 N–H and O–H groups in total. The van der Waals surface area contributed by atoms with Crippen LogP contribution in [0.2, 0.25) is 0 Å². The summed E-state index contributed by atoms with van der Waals surface area (Å²) in [4.78, 5) is 28.2. The van der Waals surface area contributed by atoms with Crippen LogP contribution in [0.4, 0.5) is 0 Å². The first-order valence-electron chi connectivity index (χ1n) is 9.67. The van der Waals surface area contributed by atoms with E-state index < -0.39 is 0 Å². The van der Waals surface area contributed by atoms with Crippen LogP contribution >= 0.6 is 0 Å². The number of likely N-dealkylation sites (tertiary alicyclic amines) is 1. The topological polar surface area (TPSA) is 63.9 Å². The van der Waals surface area contributed by atoms with E-state index in [2.05, 4.69) is 22.1 Å². The van der Waals surface area contributed by atoms with Crippen LogP contribution < -0.4 is 0 Å². The number of aromatic nitrogens is 4. The molecule has 3 aromatic heterocycles. The summed E-state index contributed by atoms with van der Waals surface area (Å²) < 4.78 is 1.93. The summed E-state index contributed by atoms with van der Waals surface area (Å²) in [7, 11) is 0. The van der Waals surface area contributed by atoms with E-state index in [9.17, 15) is 4.79 Å². The largest absolute Gasteiger partial charge is 0.341 e. The lowest BCUT2D eigenvalue weighted by Crippen LogP contribution is -2.39. The molecule has 0 aliphatic carbocycles. The molecule has 5 rings (SSSR count). The number of amides is 1. The van der Waals surface area contributed by atoms with Gasteiger partial charge in [0.05, 0.1) is 17.4 Å². The molecule has 0 spiro atoms. The number of carbonyl (C=O) groups excluding carboxylic acids is 1. The molecule has 1 fully saturated rings. The number of imidazole rings is 1. The second-order valence-electron chi connectivity index (χ2n) is 7.30. The summed E-state index contributed by atoms with van der Waals surface area (Å²) in [5, 5.41) is 1.06. The van der Waals surface area contributed by atoms with E-state index in [0.29, 0.717) is 12.5 Å². The lowest BCUT2D eigenvalue weighted by atomic mass is 9.93. The molecular weight excluding hydrogens is 350 g/mol. The van der Waals surface area contributed by atoms with Gasteiger partial charge in [-0.05, 0) is 49.2 Å². The molecule has 4 heterocycles. The van der Waals surface area contributed by atoms with Crippen molar-refractivity contribution in [3.8, 4) is 0 Å². The summed E-state index contributed by atoms with van der Waals surface area (Å²) in [5.41, 5.74) is 3.80. The van der Waals surface area contributed by atoms with Gasteiger partial charge in [0, 0.05) is 36.3 Å². The normalized spacial score (nSPS) is 15.4. The Labute approximate surface area is 162 Å². The molecule has 140 valence electrons. The lowest BCUT2D eigenvalue weighted by molar-refractivity contribution is -0.132. The monoisotopic (exact) mass is 371 g/mol. The number of para-hydroxylation sites is 2. The number of fused-ring (bicyclic) bond motifs is 2. The maximum absolute atomic E-state index is 12.8. The van der Waals surface area contributed by atoms with E-state index in [1.54, 1.807) is 12.5 Å². The van der Waals surface area contributed by atoms with Gasteiger partial charge in [0.15, 0.2) is 5.65 Å². The minimum Gasteiger partial charge on any atom is -0.341 e. The second kappa shape index (κ2) is 7.03. The first kappa shape index (κ1) is 16.9. The molecule has 0 radical (unpaired) electrons. The lowest BCUT2D eigenvalue weighted by Gasteiger charge is -2.32. The predicted octanol–water partition coefficient (Wildman–Crippen LogP) is 3.39. The van der Waals surface area contributed by atoms with Crippen LogP contribution in [0.3, 0.4) is 0 Å². The molecule has 1 aliphatic heterocycles. The number of carbonyl (C=O) groups is 1. The fraction of sp³-hybridized carbons (Fsp3) is 0.273. The number of piperidine rings is 1. The summed E-state index contributed by atoms with van der Waals surface area (Å²) >= 11 is 0. The van der Waals surface area contributed by atoms with E-state index in [4.69, 9.17) is 4.98 Å². The number of hydrogen-bond donors (Lipinski definition) is 0. The molecule has 1 aliphatic rings. The van der Waals surface area contributed by atoms with Crippen LogP contribution in [-0.4, -0.2) is 43.4 Å². The predicted molar refractivity (Wildman–Crippen MR) is 108 cm³/mol. The van der Waals surface area contributed by atoms with Gasteiger partial charge >= 0.3 is 0 Å². The highest BCUT2D eigenvalue weighted by molar-refractivity contribution is 5.80. The zero-order valence-electron chi connectivity index (χ0n) is 15.5. The van der Waals surface area contributed by atoms with Crippen molar-refractivity contribution in [2.75, 3.05) is 13.1 Å². The first-order valence-corrected chi connectivity index (χ1v) is 9.67. The Hall–Kier alpha value is -3.28. The van der Waals surface area contributed by atoms with E-state index in [-0.39, 0.29) is 5.91 Å². The third-order valence-corrected chi connectivity index (χ3v) is 5.58. The summed E-state index contributed by atoms with van der Waals surface area (Å²) in [5.74, 6) is 0.527. The maximum atomic E-state index is 12.8. The van der Waals surface area contributed by atoms with Crippen molar-refractivity contribution >= 4 is 28.0 Å². The highest BCUT2D eigenvalue weighted by atomic mass is 16.2. The molecule has 1 aromatic carbocycles. The van der Waals surface area contributed by atoms with Crippen molar-refractivity contribution < 1.29 is 4.79 Å². The number of benzene rings is 1. The van der Waals surface area contributed by atoms with Crippen molar-refractivity contribution in [1.29, 1.82) is 0 Å². The maximum Gasteiger partial charge on any atom is 0.242 e. The fourth-order valence-corrected chi connectivity index (χ4v) is 4.00. The standard InChI is InChI=1S/C22H21N5O/c28-21(14-27-15-24-19-5-1-2-6-20(19)27)26-12-9-16(10-13-26)18-8-7-17-4-3-11-23-22(17)25-18/h1-8,11,15-16H,9-10,12-14H2. The number of hydrogen-bond acceptors (Lipinski definition) is 4. The van der Waals surface area contributed by atoms with Crippen molar-refractivity contribution in [3.63, 3.8) is 0 Å². The first-order chi connectivity index (χ1) is 13.8. The van der Waals surface area contributed by atoms with Crippen molar-refractivity contribution in [2.45, 2.75) is 25.3 Å². The van der Waals surface area contributed by atoms with Crippen LogP contribution in [0, 0.1) is 0 Å². The molecule has 6 nitrogen and oxygen atoms in total. The minimum absolute atomic E-state index is 0.148. The summed E-state index contributed by atoms with van der Waals surface area (Å²) in [6.45, 7) is 1.86. The smallest absolute Gasteiger partial charge is 0.242 e. The second-order valence-corrected chi connectivity index (χ2v) is 7.30. The van der Waals surface area contributed by atoms with Gasteiger partial charge < -0.3 is 9.47 Å². The van der Waals surface area contributed by atoms with Gasteiger partial charge in [0.1, 0.15) is 6.54 Å². The van der Waals surface area contributed by atoms with Crippen molar-refractivity contribution in [1.82, 2.24) is 24.4 Å². The highest BCUT2D eigenvalue weighted by Crippen LogP contribution is 2.28. The molecule has 28 heavy (non-hydrogen) atoms. The van der Waals surface area contributed by atoms with Crippen molar-refractivity contribution in [3.05, 3.63) is 66.7 Å². The molecular formula is C22H21N5O. The van der Waals surface area contributed by atoms with Gasteiger partial charge in [0.25, 0.3) is 0 Å². The number of pyridine rings is 2. The Balaban J connectivity index is 1.25. The Morgan fingerprint density at radius 2 is 1.86 bits per heavy atom. The van der Waals surface area contributed by atoms with E-state index in [1.165, 1.54) is 0 Å². The van der Waals surface area contributed by atoms with Crippen LogP contribution in [0.15, 0.2) is 61.1 Å². The molecule has 0 bridgehead atoms. The SMILES string of the molecule is O=C(Cn1cnc2ccccc21)N1CCC(c2ccc3cccnc3n2)CC1. The zero-order valence-corrected chi connectivity index (χ0v) is 15.5. The van der Waals surface area contributed by atoms with Gasteiger partial charge in [-0.25, -0.2) is 15.0 Å². The minimum atomic E-state index is 0.148. The Morgan fingerprint density at radius 3 is 2.75 bits per heavy atom. The Kier molecular flexibility index (Phi) is 4.24. The average molecular weight is 371 g/mol. The van der Waals surface area contributed by atoms with Gasteiger partial charge in [0.2, 0.25) is 5.91 Å². The van der Waals surface area contributed by atoms with Crippen LogP contribution in [0.1, 0.15) is 24.5 Å². The molecule has 6 heteroatoms. The van der Waals surface area contributed by atoms with Crippen molar-refractivity contribution in [2.24, 2.45) is 0 Å². The van der Waals surface area contributed by atoms with E-state index >= 15 is 0 Å². The molecule has 1 amide bonds. The Morgan fingerprint density at radius 1 is 1.00 bits per heavy atom. The fourth-order valence-electron chi connectivity index (χ4n) is 4.00. The van der Waals surface area contributed by atoms with E-state index in [0.717, 1.165) is 53.7 Å². The van der Waals surface area contributed by atoms with Gasteiger partial charge in [-0.3, -0.25) is 4.79 Å². The van der Waals surface area contributed by atoms with Gasteiger partial charge in [-0.15, -0.1) is 0 Å². The summed E-state index contributed by atoms with van der Waals surface area (Å²) in [6.07, 6.45) is 5.39.